The molecule has 0 spiro atoms. The molecule has 1 unspecified atom stereocenters. The molecule has 208 valence electrons. The fourth-order valence-electron chi connectivity index (χ4n) is 4.46. The van der Waals surface area contributed by atoms with Crippen LogP contribution in [0.4, 0.5) is 30.7 Å². The highest BCUT2D eigenvalue weighted by Crippen LogP contribution is 2.50. The molecule has 2 aromatic rings. The van der Waals surface area contributed by atoms with E-state index < -0.39 is 44.8 Å². The topological polar surface area (TPSA) is 60.7 Å². The number of amidine groups is 1. The number of alkyl halides is 7. The van der Waals surface area contributed by atoms with Gasteiger partial charge >= 0.3 is 12.4 Å². The molecule has 4 rings (SSSR count). The highest BCUT2D eigenvalue weighted by molar-refractivity contribution is 6.42. The summed E-state index contributed by atoms with van der Waals surface area (Å²) in [6, 6.07) is 6.39. The Kier molecular flexibility index (Phi) is 7.34. The Labute approximate surface area is 228 Å². The number of hydrogen-bond acceptors (Lipinski definition) is 4. The number of nitriles is 1. The van der Waals surface area contributed by atoms with Crippen LogP contribution in [0, 0.1) is 17.4 Å². The van der Waals surface area contributed by atoms with E-state index in [0.29, 0.717) is 18.0 Å². The van der Waals surface area contributed by atoms with Gasteiger partial charge in [-0.05, 0) is 29.3 Å². The van der Waals surface area contributed by atoms with Crippen molar-refractivity contribution >= 4 is 34.7 Å². The third kappa shape index (κ3) is 5.15. The Bertz CT molecular complexity index is 1380. The number of hydroxylamine groups is 1. The lowest BCUT2D eigenvalue weighted by Crippen LogP contribution is -2.59. The van der Waals surface area contributed by atoms with Gasteiger partial charge in [-0.25, -0.2) is 4.39 Å². The van der Waals surface area contributed by atoms with Crippen LogP contribution >= 0.6 is 23.2 Å². The minimum Gasteiger partial charge on any atom is -0.352 e. The molecule has 0 radical (unpaired) electrons. The maximum atomic E-state index is 15.5. The van der Waals surface area contributed by atoms with Crippen molar-refractivity contribution in [3.8, 4) is 6.19 Å². The van der Waals surface area contributed by atoms with Crippen LogP contribution < -0.4 is 5.48 Å². The summed E-state index contributed by atoms with van der Waals surface area (Å²) >= 11 is 11.4. The van der Waals surface area contributed by atoms with Crippen molar-refractivity contribution < 1.29 is 35.6 Å². The van der Waals surface area contributed by atoms with E-state index in [1.54, 1.807) is 11.1 Å². The molecule has 0 bridgehead atoms. The molecule has 1 N–H and O–H groups in total. The fraction of sp³-hybridized carbons (Fsp3) is 0.360. The van der Waals surface area contributed by atoms with E-state index in [2.05, 4.69) is 10.5 Å². The summed E-state index contributed by atoms with van der Waals surface area (Å²) in [7, 11) is 0. The van der Waals surface area contributed by atoms with Gasteiger partial charge in [-0.15, -0.1) is 0 Å². The zero-order chi connectivity index (χ0) is 29.0. The van der Waals surface area contributed by atoms with E-state index in [4.69, 9.17) is 33.3 Å². The van der Waals surface area contributed by atoms with Crippen molar-refractivity contribution in [3.63, 3.8) is 0 Å². The Morgan fingerprint density at radius 2 is 1.69 bits per heavy atom. The summed E-state index contributed by atoms with van der Waals surface area (Å²) < 4.78 is 98.6. The van der Waals surface area contributed by atoms with Crippen LogP contribution in [-0.4, -0.2) is 30.0 Å². The number of rotatable bonds is 4. The average molecular weight is 595 g/mol. The number of aliphatic imine (C=N–C) groups is 1. The van der Waals surface area contributed by atoms with E-state index in [0.717, 1.165) is 0 Å². The summed E-state index contributed by atoms with van der Waals surface area (Å²) in [6.45, 7) is 3.50. The summed E-state index contributed by atoms with van der Waals surface area (Å²) in [4.78, 5) is 10.2. The zero-order valence-electron chi connectivity index (χ0n) is 20.2. The van der Waals surface area contributed by atoms with Gasteiger partial charge in [-0.2, -0.15) is 36.6 Å². The molecule has 0 amide bonds. The van der Waals surface area contributed by atoms with Crippen molar-refractivity contribution in [2.75, 3.05) is 13.1 Å². The second-order valence-corrected chi connectivity index (χ2v) is 10.2. The maximum Gasteiger partial charge on any atom is 0.428 e. The van der Waals surface area contributed by atoms with E-state index in [-0.39, 0.29) is 41.9 Å². The molecule has 1 atom stereocenters. The van der Waals surface area contributed by atoms with Gasteiger partial charge < -0.3 is 4.90 Å². The van der Waals surface area contributed by atoms with E-state index in [1.165, 1.54) is 24.3 Å². The van der Waals surface area contributed by atoms with E-state index in [9.17, 15) is 26.3 Å². The van der Waals surface area contributed by atoms with Crippen LogP contribution in [0.3, 0.4) is 0 Å². The first kappa shape index (κ1) is 29.0. The molecule has 0 aliphatic carbocycles. The third-order valence-corrected chi connectivity index (χ3v) is 7.26. The molecular formula is C25H19Cl2F7N4O. The largest absolute Gasteiger partial charge is 0.428 e. The molecule has 14 heteroatoms. The van der Waals surface area contributed by atoms with Gasteiger partial charge in [0.15, 0.2) is 5.67 Å². The molecule has 1 saturated heterocycles. The lowest BCUT2D eigenvalue weighted by atomic mass is 9.86. The van der Waals surface area contributed by atoms with Crippen LogP contribution in [0.25, 0.3) is 5.70 Å². The summed E-state index contributed by atoms with van der Waals surface area (Å²) in [5.41, 5.74) is -5.24. The van der Waals surface area contributed by atoms with Gasteiger partial charge in [0.25, 0.3) is 0 Å². The Hall–Kier alpha value is -3.01. The van der Waals surface area contributed by atoms with Crippen molar-refractivity contribution in [2.45, 2.75) is 37.5 Å². The summed E-state index contributed by atoms with van der Waals surface area (Å²) in [6.07, 6.45) is -8.00. The first-order chi connectivity index (χ1) is 18.0. The van der Waals surface area contributed by atoms with Crippen molar-refractivity contribution in [3.05, 3.63) is 74.8 Å². The molecule has 5 nitrogen and oxygen atoms in total. The van der Waals surface area contributed by atoms with Crippen molar-refractivity contribution in [2.24, 2.45) is 10.9 Å². The quantitative estimate of drug-likeness (QED) is 0.174. The standard InChI is InChI=1S/C25H19Cl2F7N4O/c1-13(2)21(36-12-35)38-10-22(28,11-38)15-5-3-14(4-6-15)19-9-23(39-37-19,25(32,33)34)16-7-17(24(29,30)31)20(27)18(26)8-16/h3-9,13,37H,10-11H2,1-2H3. The van der Waals surface area contributed by atoms with Gasteiger partial charge in [0, 0.05) is 11.5 Å². The van der Waals surface area contributed by atoms with Gasteiger partial charge in [0.2, 0.25) is 11.8 Å². The normalized spacial score (nSPS) is 21.4. The van der Waals surface area contributed by atoms with Crippen LogP contribution in [0.15, 0.2) is 47.5 Å². The van der Waals surface area contributed by atoms with Crippen molar-refractivity contribution in [1.82, 2.24) is 10.4 Å². The predicted octanol–water partition coefficient (Wildman–Crippen LogP) is 7.36. The number of halogens is 9. The third-order valence-electron chi connectivity index (χ3n) is 6.45. The molecule has 0 aromatic heterocycles. The molecule has 1 fully saturated rings. The van der Waals surface area contributed by atoms with E-state index in [1.807, 2.05) is 13.8 Å². The molecule has 39 heavy (non-hydrogen) atoms. The maximum absolute atomic E-state index is 15.5. The number of nitrogens with one attached hydrogen (secondary N) is 1. The molecular weight excluding hydrogens is 576 g/mol. The minimum atomic E-state index is -5.21. The monoisotopic (exact) mass is 594 g/mol. The molecule has 2 heterocycles. The lowest BCUT2D eigenvalue weighted by molar-refractivity contribution is -0.269. The van der Waals surface area contributed by atoms with Gasteiger partial charge in [0.05, 0.1) is 34.4 Å². The highest BCUT2D eigenvalue weighted by atomic mass is 35.5. The van der Waals surface area contributed by atoms with Gasteiger partial charge in [0.1, 0.15) is 5.84 Å². The molecule has 0 saturated carbocycles. The average Bonchev–Trinajstić information content (AvgIpc) is 3.28. The zero-order valence-corrected chi connectivity index (χ0v) is 21.7. The smallest absolute Gasteiger partial charge is 0.352 e. The minimum absolute atomic E-state index is 0.0643. The van der Waals surface area contributed by atoms with Gasteiger partial charge in [-0.3, -0.25) is 10.3 Å². The summed E-state index contributed by atoms with van der Waals surface area (Å²) in [5.74, 6) is 0.341. The number of hydrogen-bond donors (Lipinski definition) is 1. The highest BCUT2D eigenvalue weighted by Gasteiger charge is 2.60. The fourth-order valence-corrected chi connectivity index (χ4v) is 4.90. The van der Waals surface area contributed by atoms with Gasteiger partial charge in [-0.1, -0.05) is 61.3 Å². The first-order valence-electron chi connectivity index (χ1n) is 11.3. The van der Waals surface area contributed by atoms with E-state index >= 15 is 4.39 Å². The predicted molar refractivity (Wildman–Crippen MR) is 130 cm³/mol. The Morgan fingerprint density at radius 3 is 2.21 bits per heavy atom. The molecule has 2 aliphatic heterocycles. The van der Waals surface area contributed by atoms with Crippen LogP contribution in [-0.2, 0) is 22.3 Å². The lowest BCUT2D eigenvalue weighted by Gasteiger charge is -2.47. The molecule has 2 aliphatic rings. The Balaban J connectivity index is 1.65. The first-order valence-corrected chi connectivity index (χ1v) is 12.1. The van der Waals surface area contributed by atoms with Crippen LogP contribution in [0.2, 0.25) is 10.0 Å². The second kappa shape index (κ2) is 9.87. The SMILES string of the molecule is CC(C)C(=NC#N)N1CC(F)(c2ccc(C3=CC(c4cc(Cl)c(Cl)c(C(F)(F)F)c4)(C(F)(F)F)ON3)cc2)C1. The Morgan fingerprint density at radius 1 is 1.08 bits per heavy atom. The van der Waals surface area contributed by atoms with Crippen molar-refractivity contribution in [1.29, 1.82) is 5.26 Å². The van der Waals surface area contributed by atoms with Crippen LogP contribution in [0.1, 0.15) is 36.1 Å². The number of likely N-dealkylation sites (tertiary alicyclic amines) is 1. The molecule has 2 aromatic carbocycles. The number of benzene rings is 2. The van der Waals surface area contributed by atoms with Crippen LogP contribution in [0.5, 0.6) is 0 Å². The number of nitrogens with zero attached hydrogens (tertiary/aromatic N) is 3. The summed E-state index contributed by atoms with van der Waals surface area (Å²) in [5, 5.41) is 7.19. The second-order valence-electron chi connectivity index (χ2n) is 9.44.